The third-order valence-electron chi connectivity index (χ3n) is 3.77. The Kier molecular flexibility index (Phi) is 4.75. The van der Waals surface area contributed by atoms with Crippen molar-refractivity contribution >= 4 is 66.7 Å². The molecule has 0 radical (unpaired) electrons. The second-order valence-electron chi connectivity index (χ2n) is 5.15. The quantitative estimate of drug-likeness (QED) is 0.503. The van der Waals surface area contributed by atoms with Gasteiger partial charge < -0.3 is 0 Å². The number of rotatable bonds is 3. The van der Waals surface area contributed by atoms with Crippen LogP contribution in [0.4, 0.5) is 0 Å². The Labute approximate surface area is 154 Å². The summed E-state index contributed by atoms with van der Waals surface area (Å²) in [6.07, 6.45) is 0. The molecule has 0 N–H and O–H groups in total. The molecule has 0 saturated heterocycles. The van der Waals surface area contributed by atoms with Gasteiger partial charge in [-0.25, -0.2) is 0 Å². The average molecular weight is 446 g/mol. The Balaban J connectivity index is 2.43. The van der Waals surface area contributed by atoms with E-state index in [4.69, 9.17) is 43.1 Å². The summed E-state index contributed by atoms with van der Waals surface area (Å²) >= 11 is 12.7. The molecule has 0 aliphatic heterocycles. The Morgan fingerprint density at radius 1 is 0.565 bits per heavy atom. The average Bonchev–Trinajstić information content (AvgIpc) is 2.59. The van der Waals surface area contributed by atoms with Crippen LogP contribution in [-0.4, -0.2) is 10.6 Å². The first-order chi connectivity index (χ1) is 10.9. The van der Waals surface area contributed by atoms with E-state index in [0.717, 1.165) is 8.70 Å². The molecule has 118 valence electrons. The van der Waals surface area contributed by atoms with Crippen LogP contribution >= 0.6 is 43.1 Å². The Morgan fingerprint density at radius 3 is 1.52 bits per heavy atom. The topological polar surface area (TPSA) is 0 Å². The third-order valence-corrected chi connectivity index (χ3v) is 18.4. The van der Waals surface area contributed by atoms with Gasteiger partial charge >= 0.3 is 156 Å². The molecule has 0 aliphatic carbocycles. The zero-order valence-electron chi connectivity index (χ0n) is 12.0. The maximum atomic E-state index is 7.35. The van der Waals surface area contributed by atoms with Crippen molar-refractivity contribution in [3.8, 4) is 0 Å². The number of hydrogen-bond donors (Lipinski definition) is 0. The summed E-state index contributed by atoms with van der Waals surface area (Å²) < 4.78 is 2.47. The first-order valence-corrected chi connectivity index (χ1v) is 15.5. The number of hydrogen-bond acceptors (Lipinski definition) is 0. The van der Waals surface area contributed by atoms with Crippen molar-refractivity contribution in [1.29, 1.82) is 0 Å². The molecule has 3 aromatic carbocycles. The molecule has 23 heavy (non-hydrogen) atoms. The fourth-order valence-corrected chi connectivity index (χ4v) is 14.6. The molecular formula is C18H13AsCl4. The van der Waals surface area contributed by atoms with Crippen molar-refractivity contribution in [2.75, 3.05) is 0 Å². The van der Waals surface area contributed by atoms with Gasteiger partial charge in [0.25, 0.3) is 0 Å². The summed E-state index contributed by atoms with van der Waals surface area (Å²) in [5.74, 6) is 0. The fraction of sp³-hybridized carbons (Fsp3) is 0. The van der Waals surface area contributed by atoms with Gasteiger partial charge in [-0.3, -0.25) is 0 Å². The molecule has 0 spiro atoms. The molecule has 3 aromatic rings. The van der Waals surface area contributed by atoms with Crippen molar-refractivity contribution < 1.29 is 0 Å². The first-order valence-electron chi connectivity index (χ1n) is 6.95. The Morgan fingerprint density at radius 2 is 1.04 bits per heavy atom. The van der Waals surface area contributed by atoms with Crippen molar-refractivity contribution in [1.82, 2.24) is 0 Å². The molecule has 0 nitrogen and oxygen atoms in total. The van der Waals surface area contributed by atoms with E-state index in [2.05, 4.69) is 0 Å². The third kappa shape index (κ3) is 2.82. The van der Waals surface area contributed by atoms with E-state index < -0.39 is 10.6 Å². The molecule has 0 saturated carbocycles. The van der Waals surface area contributed by atoms with Crippen LogP contribution in [0.15, 0.2) is 78.9 Å². The van der Waals surface area contributed by atoms with Crippen LogP contribution in [0.25, 0.3) is 0 Å². The van der Waals surface area contributed by atoms with Gasteiger partial charge in [0.05, 0.1) is 0 Å². The Hall–Kier alpha value is -0.622. The molecule has 0 aliphatic rings. The molecule has 0 aromatic heterocycles. The van der Waals surface area contributed by atoms with Gasteiger partial charge in [-0.05, 0) is 0 Å². The predicted molar refractivity (Wildman–Crippen MR) is 106 cm³/mol. The van der Waals surface area contributed by atoms with Gasteiger partial charge in [-0.15, -0.1) is 0 Å². The number of halogens is 4. The van der Waals surface area contributed by atoms with Crippen LogP contribution in [-0.2, 0) is 0 Å². The van der Waals surface area contributed by atoms with Crippen LogP contribution < -0.4 is 13.1 Å². The van der Waals surface area contributed by atoms with E-state index in [9.17, 15) is 0 Å². The zero-order chi connectivity index (χ0) is 16.5. The molecule has 0 atom stereocenters. The van der Waals surface area contributed by atoms with Crippen LogP contribution in [0.5, 0.6) is 0 Å². The van der Waals surface area contributed by atoms with Gasteiger partial charge in [0.15, 0.2) is 0 Å². The van der Waals surface area contributed by atoms with E-state index in [1.165, 1.54) is 0 Å². The Bertz CT molecular complexity index is 789. The van der Waals surface area contributed by atoms with Gasteiger partial charge in [-0.1, -0.05) is 0 Å². The fourth-order valence-electron chi connectivity index (χ4n) is 2.60. The molecule has 0 unspecified atom stereocenters. The number of benzene rings is 3. The summed E-state index contributed by atoms with van der Waals surface area (Å²) in [6.45, 7) is 0. The minimum absolute atomic E-state index is 0.415. The molecule has 0 heterocycles. The van der Waals surface area contributed by atoms with Gasteiger partial charge in [0.2, 0.25) is 0 Å². The van der Waals surface area contributed by atoms with Crippen molar-refractivity contribution in [3.05, 3.63) is 88.9 Å². The molecular weight excluding hydrogens is 433 g/mol. The summed E-state index contributed by atoms with van der Waals surface area (Å²) in [7, 11) is 10.3. The predicted octanol–water partition coefficient (Wildman–Crippen LogP) is 4.89. The van der Waals surface area contributed by atoms with E-state index >= 15 is 0 Å². The second-order valence-corrected chi connectivity index (χ2v) is 20.8. The van der Waals surface area contributed by atoms with Gasteiger partial charge in [0.1, 0.15) is 0 Å². The van der Waals surface area contributed by atoms with Gasteiger partial charge in [-0.2, -0.15) is 0 Å². The molecule has 0 amide bonds. The standard InChI is InChI=1S/C18H13AsCl4/c20-17-13-7-12-16(18(17)21)19(22,23,14-8-3-1-4-9-14)15-10-5-2-6-11-15/h1-13H. The minimum atomic E-state index is -4.41. The van der Waals surface area contributed by atoms with E-state index in [1.54, 1.807) is 6.07 Å². The van der Waals surface area contributed by atoms with Crippen LogP contribution in [0.3, 0.4) is 0 Å². The van der Waals surface area contributed by atoms with E-state index in [0.29, 0.717) is 14.4 Å². The van der Waals surface area contributed by atoms with Crippen molar-refractivity contribution in [2.45, 2.75) is 0 Å². The molecule has 0 bridgehead atoms. The van der Waals surface area contributed by atoms with Crippen molar-refractivity contribution in [2.24, 2.45) is 0 Å². The maximum absolute atomic E-state index is 7.35. The second kappa shape index (κ2) is 6.35. The SMILES string of the molecule is Clc1cccc([As](Cl)(Cl)(c2ccccc2)c2ccccc2)c1Cl. The monoisotopic (exact) mass is 444 g/mol. The van der Waals surface area contributed by atoms with E-state index in [-0.39, 0.29) is 0 Å². The normalized spacial score (nSPS) is 13.3. The first kappa shape index (κ1) is 17.2. The van der Waals surface area contributed by atoms with E-state index in [1.807, 2.05) is 72.8 Å². The van der Waals surface area contributed by atoms with Crippen molar-refractivity contribution in [3.63, 3.8) is 0 Å². The summed E-state index contributed by atoms with van der Waals surface area (Å²) in [6, 6.07) is 24.9. The summed E-state index contributed by atoms with van der Waals surface area (Å²) in [4.78, 5) is 0. The molecule has 5 heteroatoms. The zero-order valence-corrected chi connectivity index (χ0v) is 16.9. The summed E-state index contributed by atoms with van der Waals surface area (Å²) in [5.41, 5.74) is 0. The van der Waals surface area contributed by atoms with Crippen LogP contribution in [0.1, 0.15) is 0 Å². The van der Waals surface area contributed by atoms with Crippen LogP contribution in [0, 0.1) is 0 Å². The molecule has 3 rings (SSSR count). The van der Waals surface area contributed by atoms with Gasteiger partial charge in [0, 0.05) is 0 Å². The molecule has 0 fully saturated rings. The van der Waals surface area contributed by atoms with Crippen LogP contribution in [0.2, 0.25) is 10.0 Å². The summed E-state index contributed by atoms with van der Waals surface area (Å²) in [5, 5.41) is 0.863.